The number of aliphatic hydroxyl groups is 1. The minimum absolute atomic E-state index is 0.0461. The molecule has 5 N–H and O–H groups in total. The number of aliphatic carboxylic acids is 1. The maximum atomic E-state index is 12.6. The number of carboxylic acid groups (broad SMARTS) is 1. The third-order valence-corrected chi connectivity index (χ3v) is 9.53. The summed E-state index contributed by atoms with van der Waals surface area (Å²) in [5, 5.41) is 18.7. The quantitative estimate of drug-likeness (QED) is 0.0198. The van der Waals surface area contributed by atoms with Gasteiger partial charge in [0.05, 0.1) is 19.3 Å². The van der Waals surface area contributed by atoms with Gasteiger partial charge in [-0.3, -0.25) is 23.4 Å². The van der Waals surface area contributed by atoms with Crippen LogP contribution in [-0.2, 0) is 37.5 Å². The molecule has 4 atom stereocenters. The fourth-order valence-corrected chi connectivity index (χ4v) is 5.83. The molecule has 0 heterocycles. The summed E-state index contributed by atoms with van der Waals surface area (Å²) in [6.45, 7) is 2.45. The van der Waals surface area contributed by atoms with Crippen LogP contribution in [0, 0.1) is 0 Å². The molecule has 0 aromatic heterocycles. The third-order valence-electron chi connectivity index (χ3n) is 8.58. The molecule has 0 aliphatic rings. The number of nitrogens with two attached hydrogens (primary N) is 1. The van der Waals surface area contributed by atoms with Crippen LogP contribution in [0.2, 0.25) is 0 Å². The first-order chi connectivity index (χ1) is 29.5. The number of allylic oxidation sites excluding steroid dienone is 17. The number of hydrogen-bond acceptors (Lipinski definition) is 10. The summed E-state index contributed by atoms with van der Waals surface area (Å²) in [6, 6.07) is -1.55. The van der Waals surface area contributed by atoms with Crippen LogP contribution in [0.3, 0.4) is 0 Å². The highest BCUT2D eigenvalue weighted by Gasteiger charge is 2.28. The minimum atomic E-state index is -4.77. The Balaban J connectivity index is 4.62. The van der Waals surface area contributed by atoms with Gasteiger partial charge in [-0.1, -0.05) is 149 Å². The van der Waals surface area contributed by atoms with Crippen molar-refractivity contribution in [3.05, 3.63) is 109 Å². The van der Waals surface area contributed by atoms with Gasteiger partial charge in [0, 0.05) is 12.8 Å². The van der Waals surface area contributed by atoms with E-state index in [4.69, 9.17) is 24.8 Å². The van der Waals surface area contributed by atoms with Gasteiger partial charge in [-0.05, 0) is 83.5 Å². The van der Waals surface area contributed by atoms with Crippen LogP contribution in [-0.4, -0.2) is 71.1 Å². The van der Waals surface area contributed by atoms with Crippen molar-refractivity contribution in [2.75, 3.05) is 19.8 Å². The van der Waals surface area contributed by atoms with E-state index in [0.29, 0.717) is 19.3 Å². The standard InChI is InChI=1S/C48H76NO11P/c1-3-5-7-8-9-10-11-12-13-14-15-16-17-18-22-25-28-31-34-38-46(51)57-40-44(41-58-61(55,56)59-42-45(49)48(53)54)60-47(52)39-35-32-29-26-23-20-19-21-24-27-30-33-37-43(50)36-6-4-2/h9-10,12-13,15-16,18-20,22,24,26-29,31,33,37,43-45,50H,3-8,11,14,17,21,23,25,30,32,34-36,38-42,49H2,1-2H3,(H,53,54)(H,55,56)/b10-9-,13-12-,16-15-,20-19-,22-18-,27-24-,29-26-,31-28-,37-33-/t43-,44-,45+/m1/s1. The predicted octanol–water partition coefficient (Wildman–Crippen LogP) is 10.8. The molecule has 0 amide bonds. The van der Waals surface area contributed by atoms with E-state index in [-0.39, 0.29) is 18.9 Å². The fraction of sp³-hybridized carbons (Fsp3) is 0.562. The molecule has 0 aliphatic heterocycles. The zero-order valence-corrected chi connectivity index (χ0v) is 37.7. The van der Waals surface area contributed by atoms with E-state index in [0.717, 1.165) is 70.6 Å². The summed E-state index contributed by atoms with van der Waals surface area (Å²) in [5.74, 6) is -2.60. The normalized spacial score (nSPS) is 15.2. The Labute approximate surface area is 366 Å². The molecule has 0 bridgehead atoms. The summed E-state index contributed by atoms with van der Waals surface area (Å²) in [5.41, 5.74) is 5.32. The van der Waals surface area contributed by atoms with Gasteiger partial charge in [0.2, 0.25) is 0 Å². The predicted molar refractivity (Wildman–Crippen MR) is 246 cm³/mol. The Morgan fingerprint density at radius 2 is 1.03 bits per heavy atom. The number of carboxylic acids is 1. The highest BCUT2D eigenvalue weighted by molar-refractivity contribution is 7.47. The largest absolute Gasteiger partial charge is 0.480 e. The van der Waals surface area contributed by atoms with E-state index in [1.807, 2.05) is 36.5 Å². The lowest BCUT2D eigenvalue weighted by Crippen LogP contribution is -2.34. The van der Waals surface area contributed by atoms with E-state index in [1.165, 1.54) is 19.3 Å². The molecular formula is C48H76NO11P. The molecule has 0 aliphatic carbocycles. The summed E-state index contributed by atoms with van der Waals surface area (Å²) in [7, 11) is -4.77. The first-order valence-corrected chi connectivity index (χ1v) is 23.5. The van der Waals surface area contributed by atoms with Gasteiger partial charge in [-0.2, -0.15) is 0 Å². The number of hydrogen-bond donors (Lipinski definition) is 4. The monoisotopic (exact) mass is 874 g/mol. The van der Waals surface area contributed by atoms with Gasteiger partial charge in [0.1, 0.15) is 12.6 Å². The van der Waals surface area contributed by atoms with Crippen molar-refractivity contribution in [2.45, 2.75) is 154 Å². The van der Waals surface area contributed by atoms with E-state index in [9.17, 15) is 28.9 Å². The second-order valence-electron chi connectivity index (χ2n) is 14.3. The van der Waals surface area contributed by atoms with Crippen LogP contribution in [0.1, 0.15) is 136 Å². The summed E-state index contributed by atoms with van der Waals surface area (Å²) in [4.78, 5) is 45.9. The third kappa shape index (κ3) is 41.2. The van der Waals surface area contributed by atoms with Crippen LogP contribution in [0.4, 0.5) is 0 Å². The van der Waals surface area contributed by atoms with Crippen molar-refractivity contribution in [1.82, 2.24) is 0 Å². The Bertz CT molecular complexity index is 1460. The number of carbonyl (C=O) groups excluding carboxylic acids is 2. The molecule has 0 aromatic rings. The Kier molecular flexibility index (Phi) is 38.8. The molecule has 0 aromatic carbocycles. The zero-order valence-electron chi connectivity index (χ0n) is 36.8. The van der Waals surface area contributed by atoms with E-state index >= 15 is 0 Å². The number of unbranched alkanes of at least 4 members (excludes halogenated alkanes) is 5. The zero-order chi connectivity index (χ0) is 45.1. The maximum absolute atomic E-state index is 12.6. The number of aliphatic hydroxyl groups excluding tert-OH is 1. The lowest BCUT2D eigenvalue weighted by molar-refractivity contribution is -0.161. The Hall–Kier alpha value is -3.90. The highest BCUT2D eigenvalue weighted by atomic mass is 31.2. The topological polar surface area (TPSA) is 192 Å². The average molecular weight is 874 g/mol. The smallest absolute Gasteiger partial charge is 0.472 e. The molecule has 0 rings (SSSR count). The first-order valence-electron chi connectivity index (χ1n) is 22.0. The molecule has 13 heteroatoms. The summed E-state index contributed by atoms with van der Waals surface area (Å²) < 4.78 is 32.5. The van der Waals surface area contributed by atoms with Crippen molar-refractivity contribution in [3.8, 4) is 0 Å². The Morgan fingerprint density at radius 3 is 1.54 bits per heavy atom. The van der Waals surface area contributed by atoms with Gasteiger partial charge in [-0.25, -0.2) is 4.57 Å². The van der Waals surface area contributed by atoms with Gasteiger partial charge < -0.3 is 30.3 Å². The van der Waals surface area contributed by atoms with Crippen molar-refractivity contribution < 1.29 is 52.6 Å². The molecule has 1 unspecified atom stereocenters. The van der Waals surface area contributed by atoms with Gasteiger partial charge in [0.15, 0.2) is 6.10 Å². The molecule has 0 spiro atoms. The SMILES string of the molecule is CCCCC/C=C\C/C=C\C/C=C\C/C=C\C/C=C\CCC(=O)OC[C@H](COP(=O)(O)OC[C@H](N)C(=O)O)OC(=O)CCC/C=C\C/C=C\C/C=C\C/C=C\[C@H](O)CCCC. The summed E-state index contributed by atoms with van der Waals surface area (Å²) >= 11 is 0. The van der Waals surface area contributed by atoms with Crippen molar-refractivity contribution in [2.24, 2.45) is 5.73 Å². The van der Waals surface area contributed by atoms with Crippen molar-refractivity contribution in [1.29, 1.82) is 0 Å². The highest BCUT2D eigenvalue weighted by Crippen LogP contribution is 2.43. The van der Waals surface area contributed by atoms with Crippen LogP contribution in [0.25, 0.3) is 0 Å². The van der Waals surface area contributed by atoms with Gasteiger partial charge in [0.25, 0.3) is 0 Å². The van der Waals surface area contributed by atoms with E-state index in [1.54, 1.807) is 0 Å². The molecule has 344 valence electrons. The first kappa shape index (κ1) is 57.1. The molecule has 0 saturated carbocycles. The molecule has 12 nitrogen and oxygen atoms in total. The second-order valence-corrected chi connectivity index (χ2v) is 15.7. The van der Waals surface area contributed by atoms with Crippen LogP contribution < -0.4 is 5.73 Å². The lowest BCUT2D eigenvalue weighted by atomic mass is 10.1. The van der Waals surface area contributed by atoms with Crippen LogP contribution >= 0.6 is 7.82 Å². The number of ether oxygens (including phenoxy) is 2. The van der Waals surface area contributed by atoms with E-state index < -0.39 is 57.7 Å². The van der Waals surface area contributed by atoms with Gasteiger partial charge >= 0.3 is 25.7 Å². The molecule has 0 radical (unpaired) electrons. The number of phosphoric ester groups is 1. The number of carbonyl (C=O) groups is 3. The van der Waals surface area contributed by atoms with Crippen molar-refractivity contribution >= 4 is 25.7 Å². The number of phosphoric acid groups is 1. The molecule has 0 fully saturated rings. The van der Waals surface area contributed by atoms with Crippen LogP contribution in [0.15, 0.2) is 109 Å². The van der Waals surface area contributed by atoms with Crippen LogP contribution in [0.5, 0.6) is 0 Å². The fourth-order valence-electron chi connectivity index (χ4n) is 5.06. The van der Waals surface area contributed by atoms with Crippen molar-refractivity contribution in [3.63, 3.8) is 0 Å². The number of rotatable bonds is 39. The maximum Gasteiger partial charge on any atom is 0.472 e. The molecular weight excluding hydrogens is 797 g/mol. The lowest BCUT2D eigenvalue weighted by Gasteiger charge is -2.20. The average Bonchev–Trinajstić information content (AvgIpc) is 3.23. The minimum Gasteiger partial charge on any atom is -0.480 e. The second kappa shape index (κ2) is 41.5. The molecule has 0 saturated heterocycles. The Morgan fingerprint density at radius 1 is 0.574 bits per heavy atom. The number of esters is 2. The van der Waals surface area contributed by atoms with E-state index in [2.05, 4.69) is 91.3 Å². The van der Waals surface area contributed by atoms with Gasteiger partial charge in [-0.15, -0.1) is 0 Å². The molecule has 61 heavy (non-hydrogen) atoms. The summed E-state index contributed by atoms with van der Waals surface area (Å²) in [6.07, 6.45) is 50.8.